The van der Waals surface area contributed by atoms with E-state index in [-0.39, 0.29) is 0 Å². The quantitative estimate of drug-likeness (QED) is 0.410. The van der Waals surface area contributed by atoms with Crippen LogP contribution in [0.5, 0.6) is 0 Å². The van der Waals surface area contributed by atoms with Gasteiger partial charge in [-0.2, -0.15) is 5.10 Å². The second-order valence-electron chi connectivity index (χ2n) is 5.94. The molecule has 0 aliphatic carbocycles. The second-order valence-corrected chi connectivity index (χ2v) is 6.90. The van der Waals surface area contributed by atoms with Crippen molar-refractivity contribution >= 4 is 22.8 Å². The lowest BCUT2D eigenvalue weighted by atomic mass is 10.1. The van der Waals surface area contributed by atoms with E-state index in [0.717, 1.165) is 32.9 Å². The molecule has 0 unspecified atom stereocenters. The summed E-state index contributed by atoms with van der Waals surface area (Å²) in [5.74, 6) is 1.33. The van der Waals surface area contributed by atoms with Crippen LogP contribution < -0.4 is 0 Å². The highest BCUT2D eigenvalue weighted by molar-refractivity contribution is 7.98. The molecule has 0 aliphatic rings. The minimum absolute atomic E-state index is 0.655. The van der Waals surface area contributed by atoms with Crippen LogP contribution in [-0.4, -0.2) is 24.7 Å². The first kappa shape index (κ1) is 15.8. The van der Waals surface area contributed by atoms with Crippen LogP contribution in [0.2, 0.25) is 0 Å². The van der Waals surface area contributed by atoms with Crippen LogP contribution >= 0.6 is 11.8 Å². The molecule has 126 valence electrons. The standard InChI is InChI=1S/C18H17N5OS/c1-11-4-5-14(12(2)6-11)17-22-13(8-24-17)9-25-18-15-7-21-23(3)16(15)19-10-20-18/h4-8,10H,9H2,1-3H3. The van der Waals surface area contributed by atoms with Crippen LogP contribution in [0.25, 0.3) is 22.5 Å². The Morgan fingerprint density at radius 3 is 2.92 bits per heavy atom. The van der Waals surface area contributed by atoms with Crippen LogP contribution in [0.4, 0.5) is 0 Å². The van der Waals surface area contributed by atoms with Crippen LogP contribution in [0.15, 0.2) is 46.4 Å². The molecule has 4 aromatic rings. The topological polar surface area (TPSA) is 69.6 Å². The van der Waals surface area contributed by atoms with E-state index in [2.05, 4.69) is 52.1 Å². The van der Waals surface area contributed by atoms with Gasteiger partial charge < -0.3 is 4.42 Å². The number of aryl methyl sites for hydroxylation is 3. The Bertz CT molecular complexity index is 1050. The summed E-state index contributed by atoms with van der Waals surface area (Å²) in [6.07, 6.45) is 5.07. The van der Waals surface area contributed by atoms with Gasteiger partial charge in [-0.05, 0) is 25.5 Å². The largest absolute Gasteiger partial charge is 0.444 e. The number of hydrogen-bond acceptors (Lipinski definition) is 6. The summed E-state index contributed by atoms with van der Waals surface area (Å²) in [6, 6.07) is 6.26. The van der Waals surface area contributed by atoms with Gasteiger partial charge in [-0.3, -0.25) is 4.68 Å². The Morgan fingerprint density at radius 2 is 2.08 bits per heavy atom. The number of nitrogens with zero attached hydrogens (tertiary/aromatic N) is 5. The van der Waals surface area contributed by atoms with E-state index < -0.39 is 0 Å². The van der Waals surface area contributed by atoms with Crippen LogP contribution in [0, 0.1) is 13.8 Å². The maximum atomic E-state index is 5.68. The van der Waals surface area contributed by atoms with E-state index in [0.29, 0.717) is 11.6 Å². The molecule has 0 N–H and O–H groups in total. The zero-order valence-corrected chi connectivity index (χ0v) is 15.0. The lowest BCUT2D eigenvalue weighted by Crippen LogP contribution is -1.93. The van der Waals surface area contributed by atoms with Crippen molar-refractivity contribution in [3.63, 3.8) is 0 Å². The van der Waals surface area contributed by atoms with Gasteiger partial charge in [-0.15, -0.1) is 0 Å². The fourth-order valence-corrected chi connectivity index (χ4v) is 3.59. The van der Waals surface area contributed by atoms with Crippen LogP contribution in [0.3, 0.4) is 0 Å². The first-order chi connectivity index (χ1) is 12.1. The third kappa shape index (κ3) is 3.02. The fourth-order valence-electron chi connectivity index (χ4n) is 2.75. The third-order valence-electron chi connectivity index (χ3n) is 4.01. The number of benzene rings is 1. The molecule has 3 heterocycles. The van der Waals surface area contributed by atoms with Gasteiger partial charge in [0, 0.05) is 18.4 Å². The van der Waals surface area contributed by atoms with Crippen molar-refractivity contribution in [2.45, 2.75) is 24.6 Å². The van der Waals surface area contributed by atoms with Gasteiger partial charge in [0.1, 0.15) is 17.6 Å². The normalized spacial score (nSPS) is 11.3. The molecule has 1 aromatic carbocycles. The van der Waals surface area contributed by atoms with Gasteiger partial charge in [-0.25, -0.2) is 15.0 Å². The molecule has 0 saturated carbocycles. The average Bonchev–Trinajstić information content (AvgIpc) is 3.21. The smallest absolute Gasteiger partial charge is 0.226 e. The van der Waals surface area contributed by atoms with Crippen molar-refractivity contribution in [2.75, 3.05) is 0 Å². The summed E-state index contributed by atoms with van der Waals surface area (Å²) < 4.78 is 7.42. The van der Waals surface area contributed by atoms with E-state index in [4.69, 9.17) is 4.42 Å². The maximum Gasteiger partial charge on any atom is 0.226 e. The van der Waals surface area contributed by atoms with E-state index in [1.165, 1.54) is 5.56 Å². The molecule has 0 fully saturated rings. The SMILES string of the molecule is Cc1ccc(-c2nc(CSc3ncnc4c3cnn4C)co2)c(C)c1. The van der Waals surface area contributed by atoms with Crippen molar-refractivity contribution < 1.29 is 4.42 Å². The summed E-state index contributed by atoms with van der Waals surface area (Å²) in [7, 11) is 1.87. The van der Waals surface area contributed by atoms with Crippen LogP contribution in [0.1, 0.15) is 16.8 Å². The molecule has 0 spiro atoms. The zero-order chi connectivity index (χ0) is 17.4. The molecule has 0 radical (unpaired) electrons. The monoisotopic (exact) mass is 351 g/mol. The Balaban J connectivity index is 1.55. The minimum atomic E-state index is 0.655. The van der Waals surface area contributed by atoms with E-state index >= 15 is 0 Å². The van der Waals surface area contributed by atoms with Gasteiger partial charge in [-0.1, -0.05) is 29.5 Å². The summed E-state index contributed by atoms with van der Waals surface area (Å²) in [5, 5.41) is 6.09. The number of aromatic nitrogens is 5. The molecule has 0 amide bonds. The second kappa shape index (κ2) is 6.33. The minimum Gasteiger partial charge on any atom is -0.444 e. The predicted octanol–water partition coefficient (Wildman–Crippen LogP) is 3.93. The first-order valence-corrected chi connectivity index (χ1v) is 8.88. The summed E-state index contributed by atoms with van der Waals surface area (Å²) in [5.41, 5.74) is 5.13. The average molecular weight is 351 g/mol. The molecule has 0 atom stereocenters. The zero-order valence-electron chi connectivity index (χ0n) is 14.2. The van der Waals surface area contributed by atoms with Gasteiger partial charge in [0.25, 0.3) is 0 Å². The molecule has 0 saturated heterocycles. The molecule has 3 aromatic heterocycles. The van der Waals surface area contributed by atoms with Gasteiger partial charge in [0.15, 0.2) is 5.65 Å². The molecule has 7 heteroatoms. The van der Waals surface area contributed by atoms with Gasteiger partial charge >= 0.3 is 0 Å². The number of oxazole rings is 1. The number of rotatable bonds is 4. The molecular formula is C18H17N5OS. The molecule has 4 rings (SSSR count). The highest BCUT2D eigenvalue weighted by Crippen LogP contribution is 2.29. The molecule has 6 nitrogen and oxygen atoms in total. The first-order valence-electron chi connectivity index (χ1n) is 7.89. The lowest BCUT2D eigenvalue weighted by Gasteiger charge is -2.02. The number of hydrogen-bond donors (Lipinski definition) is 0. The molecular weight excluding hydrogens is 334 g/mol. The van der Waals surface area contributed by atoms with Crippen molar-refractivity contribution in [3.05, 3.63) is 53.8 Å². The van der Waals surface area contributed by atoms with Crippen molar-refractivity contribution in [2.24, 2.45) is 7.05 Å². The van der Waals surface area contributed by atoms with E-state index in [1.54, 1.807) is 35.2 Å². The van der Waals surface area contributed by atoms with E-state index in [9.17, 15) is 0 Å². The summed E-state index contributed by atoms with van der Waals surface area (Å²) in [4.78, 5) is 13.2. The van der Waals surface area contributed by atoms with Gasteiger partial charge in [0.05, 0.1) is 17.3 Å². The fraction of sp³-hybridized carbons (Fsp3) is 0.222. The Labute approximate surface area is 149 Å². The Hall–Kier alpha value is -2.67. The van der Waals surface area contributed by atoms with Crippen molar-refractivity contribution in [3.8, 4) is 11.5 Å². The lowest BCUT2D eigenvalue weighted by molar-refractivity contribution is 0.573. The van der Waals surface area contributed by atoms with Gasteiger partial charge in [0.2, 0.25) is 5.89 Å². The Morgan fingerprint density at radius 1 is 1.20 bits per heavy atom. The summed E-state index contributed by atoms with van der Waals surface area (Å²) >= 11 is 1.60. The highest BCUT2D eigenvalue weighted by Gasteiger charge is 2.12. The van der Waals surface area contributed by atoms with Crippen molar-refractivity contribution in [1.82, 2.24) is 24.7 Å². The van der Waals surface area contributed by atoms with E-state index in [1.807, 2.05) is 7.05 Å². The Kier molecular flexibility index (Phi) is 4.01. The highest BCUT2D eigenvalue weighted by atomic mass is 32.2. The maximum absolute atomic E-state index is 5.68. The number of fused-ring (bicyclic) bond motifs is 1. The predicted molar refractivity (Wildman–Crippen MR) is 97.3 cm³/mol. The molecule has 25 heavy (non-hydrogen) atoms. The third-order valence-corrected chi connectivity index (χ3v) is 5.05. The van der Waals surface area contributed by atoms with Crippen LogP contribution in [-0.2, 0) is 12.8 Å². The molecule has 0 aliphatic heterocycles. The van der Waals surface area contributed by atoms with Crippen molar-refractivity contribution in [1.29, 1.82) is 0 Å². The number of thioether (sulfide) groups is 1. The molecule has 0 bridgehead atoms. The summed E-state index contributed by atoms with van der Waals surface area (Å²) in [6.45, 7) is 4.15.